The lowest BCUT2D eigenvalue weighted by Crippen LogP contribution is -2.32. The fourth-order valence-electron chi connectivity index (χ4n) is 3.72. The number of amides is 1. The van der Waals surface area contributed by atoms with Crippen molar-refractivity contribution in [1.29, 1.82) is 0 Å². The molecule has 1 saturated heterocycles. The van der Waals surface area contributed by atoms with Gasteiger partial charge in [0.2, 0.25) is 0 Å². The monoisotopic (exact) mass is 334 g/mol. The van der Waals surface area contributed by atoms with Crippen molar-refractivity contribution >= 4 is 16.9 Å². The summed E-state index contributed by atoms with van der Waals surface area (Å²) in [5.41, 5.74) is 3.70. The molecule has 3 aromatic rings. The van der Waals surface area contributed by atoms with Crippen LogP contribution in [0.4, 0.5) is 0 Å². The molecule has 25 heavy (non-hydrogen) atoms. The van der Waals surface area contributed by atoms with Crippen LogP contribution in [0.3, 0.4) is 0 Å². The Balaban J connectivity index is 1.72. The predicted molar refractivity (Wildman–Crippen MR) is 97.4 cm³/mol. The number of benzene rings is 1. The number of hydrogen-bond donors (Lipinski definition) is 0. The quantitative estimate of drug-likeness (QED) is 0.733. The highest BCUT2D eigenvalue weighted by molar-refractivity contribution is 5.94. The van der Waals surface area contributed by atoms with Crippen LogP contribution in [0.25, 0.3) is 11.0 Å². The lowest BCUT2D eigenvalue weighted by atomic mass is 10.1. The van der Waals surface area contributed by atoms with E-state index in [1.165, 1.54) is 0 Å². The second kappa shape index (κ2) is 6.31. The Morgan fingerprint density at radius 3 is 2.84 bits per heavy atom. The number of imidazole rings is 1. The van der Waals surface area contributed by atoms with Crippen LogP contribution in [-0.2, 0) is 6.54 Å². The summed E-state index contributed by atoms with van der Waals surface area (Å²) in [6.07, 6.45) is 3.63. The molecular weight excluding hydrogens is 312 g/mol. The Morgan fingerprint density at radius 1 is 1.24 bits per heavy atom. The van der Waals surface area contributed by atoms with E-state index in [1.54, 1.807) is 6.20 Å². The lowest BCUT2D eigenvalue weighted by Gasteiger charge is -2.25. The van der Waals surface area contributed by atoms with E-state index in [0.717, 1.165) is 48.5 Å². The molecule has 4 rings (SSSR count). The van der Waals surface area contributed by atoms with Gasteiger partial charge in [0.1, 0.15) is 5.82 Å². The van der Waals surface area contributed by atoms with Crippen LogP contribution < -0.4 is 0 Å². The first-order chi connectivity index (χ1) is 12.2. The summed E-state index contributed by atoms with van der Waals surface area (Å²) < 4.78 is 2.24. The number of rotatable bonds is 3. The van der Waals surface area contributed by atoms with Crippen LogP contribution in [0.2, 0.25) is 0 Å². The first-order valence-corrected chi connectivity index (χ1v) is 8.88. The van der Waals surface area contributed by atoms with Gasteiger partial charge in [0, 0.05) is 25.0 Å². The van der Waals surface area contributed by atoms with Gasteiger partial charge in [-0.25, -0.2) is 4.98 Å². The largest absolute Gasteiger partial charge is 0.328 e. The van der Waals surface area contributed by atoms with Crippen LogP contribution in [0.5, 0.6) is 0 Å². The molecule has 0 spiro atoms. The maximum Gasteiger partial charge on any atom is 0.256 e. The van der Waals surface area contributed by atoms with Crippen molar-refractivity contribution < 1.29 is 4.79 Å². The molecule has 1 amide bonds. The Bertz CT molecular complexity index is 913. The van der Waals surface area contributed by atoms with E-state index in [2.05, 4.69) is 22.5 Å². The van der Waals surface area contributed by atoms with Gasteiger partial charge in [-0.3, -0.25) is 9.78 Å². The van der Waals surface area contributed by atoms with Crippen LogP contribution in [0.1, 0.15) is 47.7 Å². The van der Waals surface area contributed by atoms with Gasteiger partial charge in [0.25, 0.3) is 5.91 Å². The molecule has 5 heteroatoms. The number of carbonyl (C=O) groups excluding carboxylic acids is 1. The molecule has 0 saturated carbocycles. The SMILES string of the molecule is CCn1c([C@@H]2CCCN2C(=O)c2ccc(C)nc2)nc2ccccc21. The van der Waals surface area contributed by atoms with E-state index in [9.17, 15) is 4.79 Å². The minimum absolute atomic E-state index is 0.0288. The molecule has 3 heterocycles. The maximum atomic E-state index is 13.0. The third kappa shape index (κ3) is 2.69. The molecule has 1 aromatic carbocycles. The first-order valence-electron chi connectivity index (χ1n) is 8.88. The third-order valence-corrected chi connectivity index (χ3v) is 4.97. The molecule has 1 aliphatic heterocycles. The van der Waals surface area contributed by atoms with Gasteiger partial charge < -0.3 is 9.47 Å². The van der Waals surface area contributed by atoms with E-state index < -0.39 is 0 Å². The first kappa shape index (κ1) is 15.8. The minimum atomic E-state index is 0.0288. The standard InChI is InChI=1S/C20H22N4O/c1-3-23-17-8-5-4-7-16(17)22-19(23)18-9-6-12-24(18)20(25)15-11-10-14(2)21-13-15/h4-5,7-8,10-11,13,18H,3,6,9,12H2,1-2H3/t18-/m0/s1. The summed E-state index contributed by atoms with van der Waals surface area (Å²) in [5, 5.41) is 0. The Kier molecular flexibility index (Phi) is 3.99. The van der Waals surface area contributed by atoms with Crippen LogP contribution in [-0.4, -0.2) is 31.9 Å². The van der Waals surface area contributed by atoms with Crippen molar-refractivity contribution in [3.05, 3.63) is 59.7 Å². The Labute approximate surface area is 147 Å². The zero-order chi connectivity index (χ0) is 17.4. The van der Waals surface area contributed by atoms with E-state index >= 15 is 0 Å². The summed E-state index contributed by atoms with van der Waals surface area (Å²) >= 11 is 0. The maximum absolute atomic E-state index is 13.0. The molecule has 1 atom stereocenters. The van der Waals surface area contributed by atoms with E-state index in [-0.39, 0.29) is 11.9 Å². The van der Waals surface area contributed by atoms with Crippen molar-refractivity contribution in [2.75, 3.05) is 6.54 Å². The average Bonchev–Trinajstić information content (AvgIpc) is 3.25. The van der Waals surface area contributed by atoms with Gasteiger partial charge in [-0.15, -0.1) is 0 Å². The molecule has 0 unspecified atom stereocenters. The normalized spacial score (nSPS) is 17.4. The van der Waals surface area contributed by atoms with Gasteiger partial charge in [0.05, 0.1) is 22.6 Å². The number of hydrogen-bond acceptors (Lipinski definition) is 3. The Morgan fingerprint density at radius 2 is 2.08 bits per heavy atom. The van der Waals surface area contributed by atoms with Crippen molar-refractivity contribution in [3.8, 4) is 0 Å². The molecule has 0 radical (unpaired) electrons. The van der Waals surface area contributed by atoms with Crippen molar-refractivity contribution in [2.45, 2.75) is 39.3 Å². The number of aromatic nitrogens is 3. The third-order valence-electron chi connectivity index (χ3n) is 4.97. The minimum Gasteiger partial charge on any atom is -0.328 e. The molecule has 1 fully saturated rings. The number of pyridine rings is 1. The van der Waals surface area contributed by atoms with Gasteiger partial charge in [-0.1, -0.05) is 12.1 Å². The van der Waals surface area contributed by atoms with Crippen LogP contribution in [0, 0.1) is 6.92 Å². The van der Waals surface area contributed by atoms with Crippen molar-refractivity contribution in [2.24, 2.45) is 0 Å². The summed E-state index contributed by atoms with van der Waals surface area (Å²) in [6, 6.07) is 12.0. The fourth-order valence-corrected chi connectivity index (χ4v) is 3.72. The highest BCUT2D eigenvalue weighted by Gasteiger charge is 2.34. The van der Waals surface area contributed by atoms with Gasteiger partial charge in [-0.2, -0.15) is 0 Å². The van der Waals surface area contributed by atoms with Gasteiger partial charge in [0.15, 0.2) is 0 Å². The zero-order valence-corrected chi connectivity index (χ0v) is 14.6. The molecule has 1 aliphatic rings. The molecule has 2 aromatic heterocycles. The number of fused-ring (bicyclic) bond motifs is 1. The number of carbonyl (C=O) groups is 1. The smallest absolute Gasteiger partial charge is 0.256 e. The van der Waals surface area contributed by atoms with E-state index in [1.807, 2.05) is 42.2 Å². The Hall–Kier alpha value is -2.69. The molecular formula is C20H22N4O. The second-order valence-corrected chi connectivity index (χ2v) is 6.55. The predicted octanol–water partition coefficient (Wildman–Crippen LogP) is 3.74. The number of likely N-dealkylation sites (tertiary alicyclic amines) is 1. The zero-order valence-electron chi connectivity index (χ0n) is 14.6. The van der Waals surface area contributed by atoms with Gasteiger partial charge >= 0.3 is 0 Å². The summed E-state index contributed by atoms with van der Waals surface area (Å²) in [7, 11) is 0. The number of nitrogens with zero attached hydrogens (tertiary/aromatic N) is 4. The summed E-state index contributed by atoms with van der Waals surface area (Å²) in [5.74, 6) is 1.04. The topological polar surface area (TPSA) is 51.0 Å². The van der Waals surface area contributed by atoms with Crippen molar-refractivity contribution in [3.63, 3.8) is 0 Å². The van der Waals surface area contributed by atoms with E-state index in [4.69, 9.17) is 4.98 Å². The highest BCUT2D eigenvalue weighted by atomic mass is 16.2. The average molecular weight is 334 g/mol. The highest BCUT2D eigenvalue weighted by Crippen LogP contribution is 2.34. The number of para-hydroxylation sites is 2. The van der Waals surface area contributed by atoms with Crippen LogP contribution in [0.15, 0.2) is 42.6 Å². The fraction of sp³-hybridized carbons (Fsp3) is 0.350. The van der Waals surface area contributed by atoms with Gasteiger partial charge in [-0.05, 0) is 51.0 Å². The summed E-state index contributed by atoms with van der Waals surface area (Å²) in [6.45, 7) is 5.67. The molecule has 0 N–H and O–H groups in total. The van der Waals surface area contributed by atoms with E-state index in [0.29, 0.717) is 5.56 Å². The molecule has 128 valence electrons. The van der Waals surface area contributed by atoms with Crippen molar-refractivity contribution in [1.82, 2.24) is 19.4 Å². The number of aryl methyl sites for hydroxylation is 2. The second-order valence-electron chi connectivity index (χ2n) is 6.55. The van der Waals surface area contributed by atoms with Crippen LogP contribution >= 0.6 is 0 Å². The molecule has 0 bridgehead atoms. The summed E-state index contributed by atoms with van der Waals surface area (Å²) in [4.78, 5) is 24.1. The molecule has 0 aliphatic carbocycles. The lowest BCUT2D eigenvalue weighted by molar-refractivity contribution is 0.0727. The molecule has 5 nitrogen and oxygen atoms in total.